The lowest BCUT2D eigenvalue weighted by Crippen LogP contribution is -2.05. The van der Waals surface area contributed by atoms with Crippen LogP contribution in [-0.2, 0) is 4.79 Å². The molecule has 84 valence electrons. The lowest BCUT2D eigenvalue weighted by atomic mass is 10.3. The molecule has 0 radical (unpaired) electrons. The van der Waals surface area contributed by atoms with E-state index >= 15 is 0 Å². The van der Waals surface area contributed by atoms with Crippen molar-refractivity contribution < 1.29 is 9.53 Å². The number of nitrogens with one attached hydrogen (secondary N) is 1. The summed E-state index contributed by atoms with van der Waals surface area (Å²) in [5, 5.41) is 3.07. The van der Waals surface area contributed by atoms with Gasteiger partial charge in [0.25, 0.3) is 0 Å². The molecular weight excluding hydrogens is 214 g/mol. The molecule has 0 aliphatic rings. The van der Waals surface area contributed by atoms with Crippen LogP contribution in [0.1, 0.15) is 20.8 Å². The van der Waals surface area contributed by atoms with Gasteiger partial charge in [0.1, 0.15) is 5.75 Å². The van der Waals surface area contributed by atoms with Crippen molar-refractivity contribution in [2.24, 2.45) is 0 Å². The third-order valence-electron chi connectivity index (χ3n) is 1.49. The van der Waals surface area contributed by atoms with Crippen molar-refractivity contribution in [2.45, 2.75) is 20.8 Å². The highest BCUT2D eigenvalue weighted by atomic mass is 35.5. The molecule has 15 heavy (non-hydrogen) atoms. The summed E-state index contributed by atoms with van der Waals surface area (Å²) in [5.74, 6) is 0.520. The van der Waals surface area contributed by atoms with Crippen LogP contribution < -0.4 is 10.1 Å². The van der Waals surface area contributed by atoms with Gasteiger partial charge in [0, 0.05) is 13.0 Å². The molecule has 0 aliphatic heterocycles. The van der Waals surface area contributed by atoms with Crippen molar-refractivity contribution in [2.75, 3.05) is 12.4 Å². The summed E-state index contributed by atoms with van der Waals surface area (Å²) in [6.45, 7) is 5.43. The Morgan fingerprint density at radius 3 is 2.40 bits per heavy atom. The van der Waals surface area contributed by atoms with Crippen molar-refractivity contribution in [3.63, 3.8) is 0 Å². The Morgan fingerprint density at radius 2 is 2.00 bits per heavy atom. The van der Waals surface area contributed by atoms with E-state index < -0.39 is 0 Å². The quantitative estimate of drug-likeness (QED) is 0.845. The van der Waals surface area contributed by atoms with E-state index in [4.69, 9.17) is 16.3 Å². The number of hydrogen-bond donors (Lipinski definition) is 1. The molecule has 0 aromatic heterocycles. The van der Waals surface area contributed by atoms with E-state index in [2.05, 4.69) is 5.32 Å². The van der Waals surface area contributed by atoms with E-state index in [1.54, 1.807) is 25.3 Å². The molecule has 0 aliphatic carbocycles. The van der Waals surface area contributed by atoms with Crippen molar-refractivity contribution in [1.82, 2.24) is 0 Å². The minimum absolute atomic E-state index is 0.146. The molecule has 1 amide bonds. The molecule has 1 N–H and O–H groups in total. The Balaban J connectivity index is 0.000000921. The zero-order valence-corrected chi connectivity index (χ0v) is 10.2. The molecule has 0 heterocycles. The maximum absolute atomic E-state index is 10.7. The van der Waals surface area contributed by atoms with Gasteiger partial charge < -0.3 is 10.1 Å². The Kier molecular flexibility index (Phi) is 6.54. The first-order valence-corrected chi connectivity index (χ1v) is 5.12. The molecule has 1 aromatic rings. The number of anilines is 1. The summed E-state index contributed by atoms with van der Waals surface area (Å²) in [5.41, 5.74) is 0.593. The molecule has 0 atom stereocenters. The average Bonchev–Trinajstić information content (AvgIpc) is 2.23. The molecule has 0 saturated heterocycles. The maximum Gasteiger partial charge on any atom is 0.221 e. The number of carbonyl (C=O) groups is 1. The summed E-state index contributed by atoms with van der Waals surface area (Å²) >= 11 is 5.86. The molecule has 0 unspecified atom stereocenters. The number of hydrogen-bond acceptors (Lipinski definition) is 2. The maximum atomic E-state index is 10.7. The fraction of sp³-hybridized carbons (Fsp3) is 0.364. The topological polar surface area (TPSA) is 38.3 Å². The summed E-state index contributed by atoms with van der Waals surface area (Å²) in [4.78, 5) is 10.7. The fourth-order valence-corrected chi connectivity index (χ4v) is 1.13. The first kappa shape index (κ1) is 13.8. The minimum atomic E-state index is -0.146. The second-order valence-corrected chi connectivity index (χ2v) is 2.93. The van der Waals surface area contributed by atoms with Gasteiger partial charge in [0.2, 0.25) is 5.91 Å². The number of amides is 1. The van der Waals surface area contributed by atoms with Gasteiger partial charge in [-0.05, 0) is 12.1 Å². The predicted octanol–water partition coefficient (Wildman–Crippen LogP) is 3.33. The van der Waals surface area contributed by atoms with Gasteiger partial charge in [-0.25, -0.2) is 0 Å². The molecular formula is C11H16ClNO2. The highest BCUT2D eigenvalue weighted by Crippen LogP contribution is 2.26. The lowest BCUT2D eigenvalue weighted by molar-refractivity contribution is -0.114. The standard InChI is InChI=1S/C9H10ClNO2.C2H6/c1-6(12)11-9-4-3-7(13-2)5-8(9)10;1-2/h3-5H,1-2H3,(H,11,12);1-2H3. The first-order valence-electron chi connectivity index (χ1n) is 4.74. The number of halogens is 1. The summed E-state index contributed by atoms with van der Waals surface area (Å²) in [7, 11) is 1.56. The SMILES string of the molecule is CC.COc1ccc(NC(C)=O)c(Cl)c1. The first-order chi connectivity index (χ1) is 7.13. The molecule has 3 nitrogen and oxygen atoms in total. The van der Waals surface area contributed by atoms with Crippen molar-refractivity contribution in [3.05, 3.63) is 23.2 Å². The van der Waals surface area contributed by atoms with Crippen LogP contribution in [0.3, 0.4) is 0 Å². The smallest absolute Gasteiger partial charge is 0.221 e. The van der Waals surface area contributed by atoms with Gasteiger partial charge in [0.15, 0.2) is 0 Å². The van der Waals surface area contributed by atoms with E-state index in [9.17, 15) is 4.79 Å². The van der Waals surface area contributed by atoms with Crippen LogP contribution in [0.25, 0.3) is 0 Å². The normalized spacial score (nSPS) is 8.60. The van der Waals surface area contributed by atoms with E-state index in [1.807, 2.05) is 13.8 Å². The van der Waals surface area contributed by atoms with Gasteiger partial charge >= 0.3 is 0 Å². The Bertz CT molecular complexity index is 326. The highest BCUT2D eigenvalue weighted by molar-refractivity contribution is 6.33. The van der Waals surface area contributed by atoms with Crippen LogP contribution in [0.15, 0.2) is 18.2 Å². The van der Waals surface area contributed by atoms with Crippen LogP contribution in [0.2, 0.25) is 5.02 Å². The Labute approximate surface area is 95.4 Å². The summed E-state index contributed by atoms with van der Waals surface area (Å²) < 4.78 is 4.96. The second-order valence-electron chi connectivity index (χ2n) is 2.53. The predicted molar refractivity (Wildman–Crippen MR) is 63.7 cm³/mol. The van der Waals surface area contributed by atoms with Crippen molar-refractivity contribution in [1.29, 1.82) is 0 Å². The molecule has 0 spiro atoms. The molecule has 1 aromatic carbocycles. The van der Waals surface area contributed by atoms with Crippen molar-refractivity contribution >= 4 is 23.2 Å². The zero-order valence-electron chi connectivity index (χ0n) is 9.43. The fourth-order valence-electron chi connectivity index (χ4n) is 0.914. The number of methoxy groups -OCH3 is 1. The monoisotopic (exact) mass is 229 g/mol. The van der Waals surface area contributed by atoms with Crippen LogP contribution in [-0.4, -0.2) is 13.0 Å². The van der Waals surface area contributed by atoms with E-state index in [1.165, 1.54) is 6.92 Å². The summed E-state index contributed by atoms with van der Waals surface area (Å²) in [6.07, 6.45) is 0. The zero-order chi connectivity index (χ0) is 11.8. The Morgan fingerprint density at radius 1 is 1.40 bits per heavy atom. The largest absolute Gasteiger partial charge is 0.497 e. The van der Waals surface area contributed by atoms with Gasteiger partial charge in [-0.2, -0.15) is 0 Å². The van der Waals surface area contributed by atoms with E-state index in [0.29, 0.717) is 16.5 Å². The van der Waals surface area contributed by atoms with Gasteiger partial charge in [0.05, 0.1) is 17.8 Å². The van der Waals surface area contributed by atoms with Gasteiger partial charge in [-0.1, -0.05) is 25.4 Å². The van der Waals surface area contributed by atoms with E-state index in [-0.39, 0.29) is 5.91 Å². The molecule has 0 saturated carbocycles. The van der Waals surface area contributed by atoms with E-state index in [0.717, 1.165) is 0 Å². The highest BCUT2D eigenvalue weighted by Gasteiger charge is 2.02. The summed E-state index contributed by atoms with van der Waals surface area (Å²) in [6, 6.07) is 5.08. The lowest BCUT2D eigenvalue weighted by Gasteiger charge is -2.06. The van der Waals surface area contributed by atoms with Crippen LogP contribution in [0, 0.1) is 0 Å². The third kappa shape index (κ3) is 4.70. The molecule has 0 bridgehead atoms. The molecule has 1 rings (SSSR count). The van der Waals surface area contributed by atoms with Crippen molar-refractivity contribution in [3.8, 4) is 5.75 Å². The number of benzene rings is 1. The number of carbonyl (C=O) groups excluding carboxylic acids is 1. The number of rotatable bonds is 2. The molecule has 4 heteroatoms. The molecule has 0 fully saturated rings. The van der Waals surface area contributed by atoms with Crippen LogP contribution in [0.5, 0.6) is 5.75 Å². The van der Waals surface area contributed by atoms with Gasteiger partial charge in [-0.3, -0.25) is 4.79 Å². The van der Waals surface area contributed by atoms with Crippen LogP contribution in [0.4, 0.5) is 5.69 Å². The van der Waals surface area contributed by atoms with Gasteiger partial charge in [-0.15, -0.1) is 0 Å². The Hall–Kier alpha value is -1.22. The minimum Gasteiger partial charge on any atom is -0.497 e. The number of ether oxygens (including phenoxy) is 1. The van der Waals surface area contributed by atoms with Crippen LogP contribution >= 0.6 is 11.6 Å². The second kappa shape index (κ2) is 7.12. The average molecular weight is 230 g/mol. The third-order valence-corrected chi connectivity index (χ3v) is 1.80.